The van der Waals surface area contributed by atoms with E-state index >= 15 is 0 Å². The van der Waals surface area contributed by atoms with Gasteiger partial charge in [-0.15, -0.1) is 0 Å². The summed E-state index contributed by atoms with van der Waals surface area (Å²) in [6.45, 7) is 7.61. The van der Waals surface area contributed by atoms with E-state index in [0.29, 0.717) is 5.92 Å². The van der Waals surface area contributed by atoms with E-state index in [-0.39, 0.29) is 11.9 Å². The highest BCUT2D eigenvalue weighted by molar-refractivity contribution is 5.20. The van der Waals surface area contributed by atoms with Gasteiger partial charge in [-0.2, -0.15) is 0 Å². The van der Waals surface area contributed by atoms with E-state index in [0.717, 1.165) is 38.3 Å². The van der Waals surface area contributed by atoms with Gasteiger partial charge in [0.25, 0.3) is 0 Å². The minimum Gasteiger partial charge on any atom is -0.314 e. The predicted octanol–water partition coefficient (Wildman–Crippen LogP) is 1.63. The SMILES string of the molecule is CNC(c1cccc(F)c1)C(C)CN1CCNCC1. The van der Waals surface area contributed by atoms with Gasteiger partial charge in [-0.05, 0) is 30.7 Å². The Morgan fingerprint density at radius 2 is 2.11 bits per heavy atom. The van der Waals surface area contributed by atoms with Crippen LogP contribution in [0, 0.1) is 11.7 Å². The molecule has 1 aromatic carbocycles. The first-order chi connectivity index (χ1) is 9.20. The third-order valence-electron chi connectivity index (χ3n) is 3.84. The molecule has 1 aliphatic rings. The van der Waals surface area contributed by atoms with Gasteiger partial charge >= 0.3 is 0 Å². The number of nitrogens with zero attached hydrogens (tertiary/aromatic N) is 1. The normalized spacial score (nSPS) is 20.2. The average molecular weight is 265 g/mol. The standard InChI is InChI=1S/C15H24FN3/c1-12(11-19-8-6-18-7-9-19)15(17-2)13-4-3-5-14(16)10-13/h3-5,10,12,15,17-18H,6-9,11H2,1-2H3. The molecule has 0 saturated carbocycles. The van der Waals surface area contributed by atoms with Crippen molar-refractivity contribution >= 4 is 0 Å². The van der Waals surface area contributed by atoms with Crippen molar-refractivity contribution in [3.05, 3.63) is 35.6 Å². The zero-order valence-corrected chi connectivity index (χ0v) is 11.8. The topological polar surface area (TPSA) is 27.3 Å². The van der Waals surface area contributed by atoms with Crippen LogP contribution in [0.15, 0.2) is 24.3 Å². The fourth-order valence-corrected chi connectivity index (χ4v) is 2.89. The molecule has 1 aliphatic heterocycles. The van der Waals surface area contributed by atoms with Crippen molar-refractivity contribution in [1.82, 2.24) is 15.5 Å². The van der Waals surface area contributed by atoms with E-state index in [1.54, 1.807) is 12.1 Å². The minimum absolute atomic E-state index is 0.160. The zero-order valence-electron chi connectivity index (χ0n) is 11.8. The van der Waals surface area contributed by atoms with Crippen molar-refractivity contribution in [2.45, 2.75) is 13.0 Å². The maximum atomic E-state index is 13.3. The highest BCUT2D eigenvalue weighted by atomic mass is 19.1. The zero-order chi connectivity index (χ0) is 13.7. The first-order valence-electron chi connectivity index (χ1n) is 7.06. The molecule has 1 fully saturated rings. The van der Waals surface area contributed by atoms with E-state index in [1.807, 2.05) is 13.1 Å². The Balaban J connectivity index is 1.99. The van der Waals surface area contributed by atoms with Gasteiger partial charge in [0.2, 0.25) is 0 Å². The molecule has 106 valence electrons. The van der Waals surface area contributed by atoms with Gasteiger partial charge in [0, 0.05) is 38.8 Å². The van der Waals surface area contributed by atoms with E-state index < -0.39 is 0 Å². The second-order valence-corrected chi connectivity index (χ2v) is 5.35. The molecule has 0 aromatic heterocycles. The van der Waals surface area contributed by atoms with Crippen LogP contribution in [0.5, 0.6) is 0 Å². The molecule has 2 rings (SSSR count). The molecule has 2 unspecified atom stereocenters. The maximum absolute atomic E-state index is 13.3. The van der Waals surface area contributed by atoms with Crippen LogP contribution in [0.25, 0.3) is 0 Å². The van der Waals surface area contributed by atoms with Gasteiger partial charge < -0.3 is 15.5 Å². The molecule has 1 saturated heterocycles. The van der Waals surface area contributed by atoms with Crippen LogP contribution in [-0.4, -0.2) is 44.7 Å². The minimum atomic E-state index is -0.160. The molecule has 1 heterocycles. The number of hydrogen-bond donors (Lipinski definition) is 2. The molecule has 19 heavy (non-hydrogen) atoms. The summed E-state index contributed by atoms with van der Waals surface area (Å²) in [5.41, 5.74) is 1.03. The molecule has 3 nitrogen and oxygen atoms in total. The summed E-state index contributed by atoms with van der Waals surface area (Å²) in [6, 6.07) is 7.11. The number of benzene rings is 1. The molecule has 4 heteroatoms. The quantitative estimate of drug-likeness (QED) is 0.847. The van der Waals surface area contributed by atoms with E-state index in [4.69, 9.17) is 0 Å². The summed E-state index contributed by atoms with van der Waals surface area (Å²) in [6.07, 6.45) is 0. The molecule has 0 aliphatic carbocycles. The predicted molar refractivity (Wildman–Crippen MR) is 76.7 cm³/mol. The number of piperazine rings is 1. The summed E-state index contributed by atoms with van der Waals surface area (Å²) in [5, 5.41) is 6.69. The largest absolute Gasteiger partial charge is 0.314 e. The van der Waals surface area contributed by atoms with E-state index in [2.05, 4.69) is 22.5 Å². The lowest BCUT2D eigenvalue weighted by Gasteiger charge is -2.33. The fraction of sp³-hybridized carbons (Fsp3) is 0.600. The highest BCUT2D eigenvalue weighted by Gasteiger charge is 2.21. The second-order valence-electron chi connectivity index (χ2n) is 5.35. The summed E-state index contributed by atoms with van der Waals surface area (Å²) in [5.74, 6) is 0.289. The molecule has 2 atom stereocenters. The molecular weight excluding hydrogens is 241 g/mol. The van der Waals surface area contributed by atoms with Crippen LogP contribution in [-0.2, 0) is 0 Å². The van der Waals surface area contributed by atoms with Crippen LogP contribution in [0.3, 0.4) is 0 Å². The monoisotopic (exact) mass is 265 g/mol. The Bertz CT molecular complexity index is 391. The molecule has 0 spiro atoms. The molecule has 1 aromatic rings. The number of nitrogens with one attached hydrogen (secondary N) is 2. The first kappa shape index (κ1) is 14.4. The Kier molecular flexibility index (Phi) is 5.31. The van der Waals surface area contributed by atoms with Crippen LogP contribution in [0.2, 0.25) is 0 Å². The molecule has 2 N–H and O–H groups in total. The van der Waals surface area contributed by atoms with E-state index in [9.17, 15) is 4.39 Å². The van der Waals surface area contributed by atoms with Crippen molar-refractivity contribution in [3.8, 4) is 0 Å². The van der Waals surface area contributed by atoms with Gasteiger partial charge in [0.15, 0.2) is 0 Å². The van der Waals surface area contributed by atoms with Gasteiger partial charge in [-0.3, -0.25) is 0 Å². The summed E-state index contributed by atoms with van der Waals surface area (Å²) >= 11 is 0. The van der Waals surface area contributed by atoms with Crippen molar-refractivity contribution in [2.75, 3.05) is 39.8 Å². The lowest BCUT2D eigenvalue weighted by molar-refractivity contribution is 0.192. The van der Waals surface area contributed by atoms with Crippen molar-refractivity contribution in [2.24, 2.45) is 5.92 Å². The van der Waals surface area contributed by atoms with Crippen LogP contribution >= 0.6 is 0 Å². The molecular formula is C15H24FN3. The Morgan fingerprint density at radius 3 is 2.74 bits per heavy atom. The lowest BCUT2D eigenvalue weighted by Crippen LogP contribution is -2.46. The maximum Gasteiger partial charge on any atom is 0.123 e. The summed E-state index contributed by atoms with van der Waals surface area (Å²) < 4.78 is 13.3. The van der Waals surface area contributed by atoms with Gasteiger partial charge in [0.05, 0.1) is 0 Å². The van der Waals surface area contributed by atoms with Crippen LogP contribution in [0.1, 0.15) is 18.5 Å². The second kappa shape index (κ2) is 6.98. The number of hydrogen-bond acceptors (Lipinski definition) is 3. The summed E-state index contributed by atoms with van der Waals surface area (Å²) in [4.78, 5) is 2.48. The van der Waals surface area contributed by atoms with Gasteiger partial charge in [-0.25, -0.2) is 4.39 Å². The molecule has 0 bridgehead atoms. The lowest BCUT2D eigenvalue weighted by atomic mass is 9.94. The van der Waals surface area contributed by atoms with Crippen molar-refractivity contribution < 1.29 is 4.39 Å². The Labute approximate surface area is 115 Å². The molecule has 0 amide bonds. The van der Waals surface area contributed by atoms with Gasteiger partial charge in [0.1, 0.15) is 5.82 Å². The van der Waals surface area contributed by atoms with Crippen LogP contribution < -0.4 is 10.6 Å². The third-order valence-corrected chi connectivity index (χ3v) is 3.84. The number of halogens is 1. The number of rotatable bonds is 5. The Hall–Kier alpha value is -0.970. The van der Waals surface area contributed by atoms with Crippen LogP contribution in [0.4, 0.5) is 4.39 Å². The smallest absolute Gasteiger partial charge is 0.123 e. The van der Waals surface area contributed by atoms with E-state index in [1.165, 1.54) is 6.07 Å². The van der Waals surface area contributed by atoms with Gasteiger partial charge in [-0.1, -0.05) is 19.1 Å². The highest BCUT2D eigenvalue weighted by Crippen LogP contribution is 2.23. The fourth-order valence-electron chi connectivity index (χ4n) is 2.89. The third kappa shape index (κ3) is 4.00. The van der Waals surface area contributed by atoms with Crippen molar-refractivity contribution in [3.63, 3.8) is 0 Å². The van der Waals surface area contributed by atoms with Crippen molar-refractivity contribution in [1.29, 1.82) is 0 Å². The first-order valence-corrected chi connectivity index (χ1v) is 7.06. The molecule has 0 radical (unpaired) electrons. The average Bonchev–Trinajstić information content (AvgIpc) is 2.41. The summed E-state index contributed by atoms with van der Waals surface area (Å²) in [7, 11) is 1.95. The Morgan fingerprint density at radius 1 is 1.37 bits per heavy atom.